The summed E-state index contributed by atoms with van der Waals surface area (Å²) in [5.41, 5.74) is 1.06. The van der Waals surface area contributed by atoms with Gasteiger partial charge in [0.1, 0.15) is 5.82 Å². The average Bonchev–Trinajstić information content (AvgIpc) is 2.75. The van der Waals surface area contributed by atoms with E-state index in [2.05, 4.69) is 10.3 Å². The van der Waals surface area contributed by atoms with Crippen LogP contribution in [0.4, 0.5) is 4.39 Å². The van der Waals surface area contributed by atoms with Gasteiger partial charge < -0.3 is 5.32 Å². The molecule has 0 amide bonds. The van der Waals surface area contributed by atoms with Crippen molar-refractivity contribution in [2.45, 2.75) is 19.8 Å². The summed E-state index contributed by atoms with van der Waals surface area (Å²) in [6, 6.07) is 6.88. The maximum absolute atomic E-state index is 13.2. The number of halogens is 1. The molecule has 0 radical (unpaired) electrons. The van der Waals surface area contributed by atoms with Crippen molar-refractivity contribution in [1.82, 2.24) is 10.3 Å². The van der Waals surface area contributed by atoms with Crippen molar-refractivity contribution in [1.29, 1.82) is 0 Å². The predicted octanol–water partition coefficient (Wildman–Crippen LogP) is 3.21. The molecule has 1 atom stereocenters. The minimum absolute atomic E-state index is 0.158. The summed E-state index contributed by atoms with van der Waals surface area (Å²) < 4.78 is 13.2. The van der Waals surface area contributed by atoms with Crippen molar-refractivity contribution >= 4 is 11.3 Å². The zero-order chi connectivity index (χ0) is 13.7. The van der Waals surface area contributed by atoms with Gasteiger partial charge in [0.2, 0.25) is 0 Å². The lowest BCUT2D eigenvalue weighted by atomic mass is 9.95. The standard InChI is InChI=1S/C15H19FN2S/c1-11-18-10-15(19-11)8-13(9-17-2)6-12-4-3-5-14(16)7-12/h3-5,7,10,13,17H,6,8-9H2,1-2H3. The van der Waals surface area contributed by atoms with E-state index in [9.17, 15) is 4.39 Å². The molecule has 0 aliphatic rings. The van der Waals surface area contributed by atoms with Crippen molar-refractivity contribution in [2.24, 2.45) is 5.92 Å². The van der Waals surface area contributed by atoms with E-state index in [-0.39, 0.29) is 5.82 Å². The largest absolute Gasteiger partial charge is 0.319 e. The SMILES string of the molecule is CNCC(Cc1cccc(F)c1)Cc1cnc(C)s1. The molecule has 0 fully saturated rings. The zero-order valence-electron chi connectivity index (χ0n) is 11.3. The van der Waals surface area contributed by atoms with Gasteiger partial charge >= 0.3 is 0 Å². The van der Waals surface area contributed by atoms with E-state index < -0.39 is 0 Å². The molecule has 0 bridgehead atoms. The highest BCUT2D eigenvalue weighted by Gasteiger charge is 2.12. The highest BCUT2D eigenvalue weighted by molar-refractivity contribution is 7.11. The number of thiazole rings is 1. The Hall–Kier alpha value is -1.26. The first kappa shape index (κ1) is 14.2. The molecule has 2 aromatic rings. The van der Waals surface area contributed by atoms with Crippen LogP contribution in [0.25, 0.3) is 0 Å². The number of hydrogen-bond acceptors (Lipinski definition) is 3. The van der Waals surface area contributed by atoms with Gasteiger partial charge in [-0.15, -0.1) is 11.3 Å². The van der Waals surface area contributed by atoms with Crippen LogP contribution < -0.4 is 5.32 Å². The van der Waals surface area contributed by atoms with Gasteiger partial charge in [-0.3, -0.25) is 0 Å². The van der Waals surface area contributed by atoms with Gasteiger partial charge in [-0.05, 0) is 57.0 Å². The second-order valence-electron chi connectivity index (χ2n) is 4.81. The van der Waals surface area contributed by atoms with Crippen LogP contribution in [0.2, 0.25) is 0 Å². The Bertz CT molecular complexity index is 524. The Morgan fingerprint density at radius 1 is 1.37 bits per heavy atom. The molecule has 2 rings (SSSR count). The molecule has 102 valence electrons. The molecule has 19 heavy (non-hydrogen) atoms. The number of hydrogen-bond donors (Lipinski definition) is 1. The molecule has 0 saturated carbocycles. The third kappa shape index (κ3) is 4.40. The summed E-state index contributed by atoms with van der Waals surface area (Å²) in [6.07, 6.45) is 3.83. The van der Waals surface area contributed by atoms with E-state index in [1.807, 2.05) is 26.2 Å². The van der Waals surface area contributed by atoms with E-state index in [1.54, 1.807) is 23.5 Å². The molecule has 0 aliphatic carbocycles. The second-order valence-corrected chi connectivity index (χ2v) is 6.13. The van der Waals surface area contributed by atoms with Crippen molar-refractivity contribution < 1.29 is 4.39 Å². The Kier molecular flexibility index (Phi) is 5.05. The number of aryl methyl sites for hydroxylation is 1. The van der Waals surface area contributed by atoms with Gasteiger partial charge in [0, 0.05) is 11.1 Å². The van der Waals surface area contributed by atoms with Crippen LogP contribution in [0.15, 0.2) is 30.5 Å². The molecule has 1 heterocycles. The molecule has 0 aliphatic heterocycles. The molecule has 0 spiro atoms. The van der Waals surface area contributed by atoms with Crippen LogP contribution >= 0.6 is 11.3 Å². The molecule has 1 aromatic carbocycles. The molecule has 2 nitrogen and oxygen atoms in total. The molecule has 0 saturated heterocycles. The first-order valence-corrected chi connectivity index (χ1v) is 7.29. The number of nitrogens with one attached hydrogen (secondary N) is 1. The lowest BCUT2D eigenvalue weighted by Gasteiger charge is -2.15. The summed E-state index contributed by atoms with van der Waals surface area (Å²) >= 11 is 1.74. The number of nitrogens with zero attached hydrogens (tertiary/aromatic N) is 1. The minimum atomic E-state index is -0.158. The Balaban J connectivity index is 2.03. The van der Waals surface area contributed by atoms with Crippen LogP contribution in [0.3, 0.4) is 0 Å². The number of aromatic nitrogens is 1. The summed E-state index contributed by atoms with van der Waals surface area (Å²) in [5.74, 6) is 0.306. The Morgan fingerprint density at radius 2 is 2.21 bits per heavy atom. The fraction of sp³-hybridized carbons (Fsp3) is 0.400. The number of rotatable bonds is 6. The van der Waals surface area contributed by atoms with Crippen molar-refractivity contribution in [3.63, 3.8) is 0 Å². The highest BCUT2D eigenvalue weighted by atomic mass is 32.1. The molecule has 1 N–H and O–H groups in total. The van der Waals surface area contributed by atoms with Crippen molar-refractivity contribution in [2.75, 3.05) is 13.6 Å². The summed E-state index contributed by atoms with van der Waals surface area (Å²) in [5, 5.41) is 4.32. The lowest BCUT2D eigenvalue weighted by Crippen LogP contribution is -2.22. The predicted molar refractivity (Wildman–Crippen MR) is 78.1 cm³/mol. The third-order valence-corrected chi connectivity index (χ3v) is 4.00. The molecule has 1 aromatic heterocycles. The summed E-state index contributed by atoms with van der Waals surface area (Å²) in [4.78, 5) is 5.59. The fourth-order valence-corrected chi connectivity index (χ4v) is 3.20. The number of benzene rings is 1. The zero-order valence-corrected chi connectivity index (χ0v) is 12.1. The van der Waals surface area contributed by atoms with Gasteiger partial charge in [0.25, 0.3) is 0 Å². The minimum Gasteiger partial charge on any atom is -0.319 e. The van der Waals surface area contributed by atoms with E-state index in [1.165, 1.54) is 10.9 Å². The lowest BCUT2D eigenvalue weighted by molar-refractivity contribution is 0.494. The smallest absolute Gasteiger partial charge is 0.123 e. The third-order valence-electron chi connectivity index (χ3n) is 3.07. The maximum Gasteiger partial charge on any atom is 0.123 e. The topological polar surface area (TPSA) is 24.9 Å². The first-order chi connectivity index (χ1) is 9.17. The van der Waals surface area contributed by atoms with E-state index in [0.717, 1.165) is 30.0 Å². The van der Waals surface area contributed by atoms with Crippen LogP contribution in [-0.4, -0.2) is 18.6 Å². The Morgan fingerprint density at radius 3 is 2.84 bits per heavy atom. The molecule has 4 heteroatoms. The van der Waals surface area contributed by atoms with Crippen molar-refractivity contribution in [3.8, 4) is 0 Å². The van der Waals surface area contributed by atoms with Crippen molar-refractivity contribution in [3.05, 3.63) is 51.7 Å². The van der Waals surface area contributed by atoms with E-state index in [0.29, 0.717) is 5.92 Å². The van der Waals surface area contributed by atoms with Crippen LogP contribution in [0.1, 0.15) is 15.4 Å². The molecular weight excluding hydrogens is 259 g/mol. The molecular formula is C15H19FN2S. The summed E-state index contributed by atoms with van der Waals surface area (Å²) in [6.45, 7) is 2.95. The summed E-state index contributed by atoms with van der Waals surface area (Å²) in [7, 11) is 1.95. The Labute approximate surface area is 117 Å². The quantitative estimate of drug-likeness (QED) is 0.877. The van der Waals surface area contributed by atoms with Gasteiger partial charge in [-0.1, -0.05) is 12.1 Å². The highest BCUT2D eigenvalue weighted by Crippen LogP contribution is 2.19. The second kappa shape index (κ2) is 6.78. The van der Waals surface area contributed by atoms with Gasteiger partial charge in [-0.25, -0.2) is 9.37 Å². The van der Waals surface area contributed by atoms with Crippen LogP contribution in [-0.2, 0) is 12.8 Å². The average molecular weight is 278 g/mol. The normalized spacial score (nSPS) is 12.6. The van der Waals surface area contributed by atoms with Gasteiger partial charge in [0.05, 0.1) is 5.01 Å². The van der Waals surface area contributed by atoms with E-state index in [4.69, 9.17) is 0 Å². The van der Waals surface area contributed by atoms with Crippen LogP contribution in [0, 0.1) is 18.7 Å². The maximum atomic E-state index is 13.2. The first-order valence-electron chi connectivity index (χ1n) is 6.47. The monoisotopic (exact) mass is 278 g/mol. The van der Waals surface area contributed by atoms with Crippen LogP contribution in [0.5, 0.6) is 0 Å². The fourth-order valence-electron chi connectivity index (χ4n) is 2.29. The van der Waals surface area contributed by atoms with Gasteiger partial charge in [-0.2, -0.15) is 0 Å². The van der Waals surface area contributed by atoms with Gasteiger partial charge in [0.15, 0.2) is 0 Å². The molecule has 1 unspecified atom stereocenters. The van der Waals surface area contributed by atoms with E-state index >= 15 is 0 Å².